The number of H-pyrrole nitrogens is 1. The molecule has 134 valence electrons. The normalized spacial score (nSPS) is 30.3. The van der Waals surface area contributed by atoms with E-state index in [-0.39, 0.29) is 11.2 Å². The second-order valence-corrected chi connectivity index (χ2v) is 8.52. The Hall–Kier alpha value is -2.20. The van der Waals surface area contributed by atoms with Crippen LogP contribution in [0.3, 0.4) is 0 Å². The quantitative estimate of drug-likeness (QED) is 0.495. The molecule has 4 N–H and O–H groups in total. The minimum absolute atomic E-state index is 0.216. The number of para-hydroxylation sites is 1. The number of hydrogen-bond donors (Lipinski definition) is 4. The molecule has 4 nitrogen and oxygen atoms in total. The average Bonchev–Trinajstić information content (AvgIpc) is 3.05. The van der Waals surface area contributed by atoms with Crippen molar-refractivity contribution in [1.82, 2.24) is 10.3 Å². The summed E-state index contributed by atoms with van der Waals surface area (Å²) in [6.07, 6.45) is 7.33. The van der Waals surface area contributed by atoms with Gasteiger partial charge in [-0.25, -0.2) is 0 Å². The van der Waals surface area contributed by atoms with Crippen LogP contribution in [0.5, 0.6) is 11.5 Å². The Morgan fingerprint density at radius 3 is 2.88 bits per heavy atom. The molecule has 2 bridgehead atoms. The predicted molar refractivity (Wildman–Crippen MR) is 103 cm³/mol. The summed E-state index contributed by atoms with van der Waals surface area (Å²) >= 11 is 0. The molecule has 6 rings (SSSR count). The maximum Gasteiger partial charge on any atom is 0.139 e. The third-order valence-corrected chi connectivity index (χ3v) is 7.50. The molecule has 3 aliphatic rings. The summed E-state index contributed by atoms with van der Waals surface area (Å²) in [6, 6.07) is 8.23. The summed E-state index contributed by atoms with van der Waals surface area (Å²) in [5.41, 5.74) is 4.48. The van der Waals surface area contributed by atoms with Crippen LogP contribution in [0.25, 0.3) is 21.8 Å². The fourth-order valence-electron chi connectivity index (χ4n) is 6.48. The molecule has 0 radical (unpaired) electrons. The largest absolute Gasteiger partial charge is 0.506 e. The van der Waals surface area contributed by atoms with Gasteiger partial charge in [-0.3, -0.25) is 0 Å². The Kier molecular flexibility index (Phi) is 2.84. The van der Waals surface area contributed by atoms with Crippen molar-refractivity contribution in [2.24, 2.45) is 5.92 Å². The summed E-state index contributed by atoms with van der Waals surface area (Å²) in [6.45, 7) is 1.08. The van der Waals surface area contributed by atoms with E-state index in [1.54, 1.807) is 6.07 Å². The van der Waals surface area contributed by atoms with Gasteiger partial charge in [0, 0.05) is 22.2 Å². The molecule has 1 aliphatic heterocycles. The van der Waals surface area contributed by atoms with E-state index in [2.05, 4.69) is 16.4 Å². The van der Waals surface area contributed by atoms with Crippen molar-refractivity contribution in [2.45, 2.75) is 50.0 Å². The van der Waals surface area contributed by atoms with E-state index in [1.807, 2.05) is 12.1 Å². The Labute approximate surface area is 152 Å². The number of phenolic OH excluding ortho intramolecular Hbond substituents is 2. The van der Waals surface area contributed by atoms with Crippen LogP contribution >= 0.6 is 0 Å². The van der Waals surface area contributed by atoms with Crippen LogP contribution in [0.1, 0.15) is 43.2 Å². The molecule has 2 aliphatic carbocycles. The van der Waals surface area contributed by atoms with Crippen molar-refractivity contribution in [3.8, 4) is 11.5 Å². The van der Waals surface area contributed by atoms with Crippen molar-refractivity contribution in [1.29, 1.82) is 0 Å². The zero-order valence-electron chi connectivity index (χ0n) is 14.8. The fourth-order valence-corrected chi connectivity index (χ4v) is 6.48. The number of aromatic nitrogens is 1. The highest BCUT2D eigenvalue weighted by molar-refractivity contribution is 6.13. The topological polar surface area (TPSA) is 68.3 Å². The van der Waals surface area contributed by atoms with Gasteiger partial charge < -0.3 is 20.5 Å². The van der Waals surface area contributed by atoms with E-state index in [9.17, 15) is 10.2 Å². The van der Waals surface area contributed by atoms with Crippen molar-refractivity contribution >= 4 is 21.8 Å². The molecule has 2 fully saturated rings. The molecule has 1 saturated carbocycles. The van der Waals surface area contributed by atoms with Crippen molar-refractivity contribution in [3.05, 3.63) is 35.4 Å². The third kappa shape index (κ3) is 1.69. The zero-order valence-corrected chi connectivity index (χ0v) is 14.8. The van der Waals surface area contributed by atoms with Gasteiger partial charge in [0.1, 0.15) is 11.5 Å². The lowest BCUT2D eigenvalue weighted by atomic mass is 9.52. The van der Waals surface area contributed by atoms with Gasteiger partial charge in [-0.15, -0.1) is 0 Å². The standard InChI is InChI=1S/C22H24N2O2/c25-17-6-3-4-12-19-13-10-16-14-5-1-2-7-22(14,8-9-23-16)15(13)11-18(26)21(19)24-20(12)17/h3-4,6,11,14,16,23-26H,1-2,5,7-10H2/t14?,16-,22-/m0/s1. The first-order chi connectivity index (χ1) is 12.7. The van der Waals surface area contributed by atoms with Gasteiger partial charge in [-0.1, -0.05) is 25.0 Å². The monoisotopic (exact) mass is 348 g/mol. The minimum Gasteiger partial charge on any atom is -0.506 e. The lowest BCUT2D eigenvalue weighted by Crippen LogP contribution is -2.59. The molecule has 0 amide bonds. The second kappa shape index (κ2) is 4.95. The molecule has 4 heteroatoms. The summed E-state index contributed by atoms with van der Waals surface area (Å²) in [5, 5.41) is 27.1. The van der Waals surface area contributed by atoms with Gasteiger partial charge in [-0.05, 0) is 61.4 Å². The van der Waals surface area contributed by atoms with Gasteiger partial charge in [-0.2, -0.15) is 0 Å². The second-order valence-electron chi connectivity index (χ2n) is 8.52. The van der Waals surface area contributed by atoms with Crippen LogP contribution in [0.2, 0.25) is 0 Å². The Morgan fingerprint density at radius 1 is 1.04 bits per heavy atom. The van der Waals surface area contributed by atoms with E-state index in [0.29, 0.717) is 17.7 Å². The lowest BCUT2D eigenvalue weighted by molar-refractivity contribution is 0.0801. The van der Waals surface area contributed by atoms with Crippen molar-refractivity contribution < 1.29 is 10.2 Å². The fraction of sp³-hybridized carbons (Fsp3) is 0.455. The number of benzene rings is 2. The van der Waals surface area contributed by atoms with Crippen LogP contribution in [-0.2, 0) is 11.8 Å². The van der Waals surface area contributed by atoms with Crippen LogP contribution in [-0.4, -0.2) is 27.8 Å². The Balaban J connectivity index is 1.74. The van der Waals surface area contributed by atoms with Crippen molar-refractivity contribution in [3.63, 3.8) is 0 Å². The van der Waals surface area contributed by atoms with Crippen molar-refractivity contribution in [2.75, 3.05) is 6.54 Å². The van der Waals surface area contributed by atoms with Gasteiger partial charge in [0.25, 0.3) is 0 Å². The molecule has 3 atom stereocenters. The number of phenols is 2. The van der Waals surface area contributed by atoms with E-state index in [1.165, 1.54) is 43.2 Å². The molecule has 2 aromatic carbocycles. The third-order valence-electron chi connectivity index (χ3n) is 7.50. The molecular weight excluding hydrogens is 324 g/mol. The SMILES string of the molecule is Oc1cccc2c1[nH]c1c(O)cc3c(c12)C[C@@H]1NCC[C@]32CCCCC12. The molecule has 1 aromatic heterocycles. The highest BCUT2D eigenvalue weighted by atomic mass is 16.3. The summed E-state index contributed by atoms with van der Waals surface area (Å²) in [7, 11) is 0. The number of aromatic hydroxyl groups is 2. The van der Waals surface area contributed by atoms with Gasteiger partial charge >= 0.3 is 0 Å². The first-order valence-corrected chi connectivity index (χ1v) is 9.91. The van der Waals surface area contributed by atoms with Gasteiger partial charge in [0.2, 0.25) is 0 Å². The maximum absolute atomic E-state index is 10.9. The van der Waals surface area contributed by atoms with Crippen LogP contribution < -0.4 is 5.32 Å². The van der Waals surface area contributed by atoms with Crippen LogP contribution in [0, 0.1) is 5.92 Å². The van der Waals surface area contributed by atoms with Crippen LogP contribution in [0.4, 0.5) is 0 Å². The molecule has 3 aromatic rings. The summed E-state index contributed by atoms with van der Waals surface area (Å²) < 4.78 is 0. The number of piperidine rings is 1. The Morgan fingerprint density at radius 2 is 1.96 bits per heavy atom. The number of hydrogen-bond acceptors (Lipinski definition) is 3. The van der Waals surface area contributed by atoms with Gasteiger partial charge in [0.05, 0.1) is 11.0 Å². The molecule has 2 heterocycles. The number of fused-ring (bicyclic) bond motifs is 5. The predicted octanol–water partition coefficient (Wildman–Crippen LogP) is 4.08. The van der Waals surface area contributed by atoms with E-state index in [0.717, 1.165) is 34.8 Å². The van der Waals surface area contributed by atoms with E-state index in [4.69, 9.17) is 0 Å². The lowest BCUT2D eigenvalue weighted by Gasteiger charge is -2.56. The number of aromatic amines is 1. The minimum atomic E-state index is 0.216. The highest BCUT2D eigenvalue weighted by Gasteiger charge is 2.52. The first-order valence-electron chi connectivity index (χ1n) is 9.91. The number of nitrogens with one attached hydrogen (secondary N) is 2. The molecule has 1 unspecified atom stereocenters. The van der Waals surface area contributed by atoms with E-state index < -0.39 is 0 Å². The Bertz CT molecular complexity index is 1050. The molecule has 0 spiro atoms. The number of rotatable bonds is 0. The zero-order chi connectivity index (χ0) is 17.5. The molecule has 1 saturated heterocycles. The highest BCUT2D eigenvalue weighted by Crippen LogP contribution is 2.56. The van der Waals surface area contributed by atoms with Gasteiger partial charge in [0.15, 0.2) is 0 Å². The maximum atomic E-state index is 10.9. The summed E-state index contributed by atoms with van der Waals surface area (Å²) in [4.78, 5) is 3.28. The van der Waals surface area contributed by atoms with Crippen LogP contribution in [0.15, 0.2) is 24.3 Å². The van der Waals surface area contributed by atoms with E-state index >= 15 is 0 Å². The average molecular weight is 348 g/mol. The molecule has 26 heavy (non-hydrogen) atoms. The summed E-state index contributed by atoms with van der Waals surface area (Å²) in [5.74, 6) is 1.26. The molecular formula is C22H24N2O2. The first kappa shape index (κ1) is 14.9. The smallest absolute Gasteiger partial charge is 0.139 e.